The lowest BCUT2D eigenvalue weighted by atomic mass is 9.92. The highest BCUT2D eigenvalue weighted by Crippen LogP contribution is 2.33. The number of anilines is 1. The molecule has 8 heteroatoms. The molecule has 38 heavy (non-hydrogen) atoms. The van der Waals surface area contributed by atoms with Gasteiger partial charge in [0, 0.05) is 66.3 Å². The maximum Gasteiger partial charge on any atom is 0.248 e. The molecule has 0 radical (unpaired) electrons. The number of primary amides is 1. The van der Waals surface area contributed by atoms with Crippen molar-refractivity contribution in [1.82, 2.24) is 24.6 Å². The van der Waals surface area contributed by atoms with Gasteiger partial charge in [-0.1, -0.05) is 12.1 Å². The normalized spacial score (nSPS) is 19.0. The molecular weight excluding hydrogens is 474 g/mol. The summed E-state index contributed by atoms with van der Waals surface area (Å²) in [5.74, 6) is 1.42. The number of carbonyl (C=O) groups is 1. The Morgan fingerprint density at radius 3 is 2.74 bits per heavy atom. The standard InChI is InChI=1S/C30H37N7O/c1-35-11-4-8-28(35)27-16-24-18-32-29(17-26(24)34-27)36-13-9-21(10-14-36)5-3-12-37-20-25(19-33-37)22-6-2-7-23(15-22)30(31)38/h2,6-7,15-21,28,34H,3-5,8-14H2,1H3,(H2,31,38)/t28-/m1/s1. The van der Waals surface area contributed by atoms with E-state index in [1.165, 1.54) is 55.2 Å². The SMILES string of the molecule is CN1CCC[C@@H]1c1cc2cnc(N3CCC(CCCn4cc(-c5cccc(C(N)=O)c5)cn4)CC3)cc2[nH]1. The molecule has 5 heterocycles. The summed E-state index contributed by atoms with van der Waals surface area (Å²) in [5.41, 5.74) is 10.4. The number of aromatic nitrogens is 4. The van der Waals surface area contributed by atoms with E-state index in [0.717, 1.165) is 48.9 Å². The second-order valence-electron chi connectivity index (χ2n) is 11.0. The molecular formula is C30H37N7O. The van der Waals surface area contributed by atoms with E-state index in [1.54, 1.807) is 6.07 Å². The van der Waals surface area contributed by atoms with Gasteiger partial charge in [0.2, 0.25) is 5.91 Å². The van der Waals surface area contributed by atoms with E-state index in [-0.39, 0.29) is 0 Å². The van der Waals surface area contributed by atoms with Gasteiger partial charge in [0.1, 0.15) is 5.82 Å². The molecule has 2 aliphatic heterocycles. The lowest BCUT2D eigenvalue weighted by Gasteiger charge is -2.32. The Labute approximate surface area is 223 Å². The number of piperidine rings is 1. The minimum absolute atomic E-state index is 0.410. The van der Waals surface area contributed by atoms with Crippen molar-refractivity contribution in [3.05, 3.63) is 66.2 Å². The van der Waals surface area contributed by atoms with Crippen LogP contribution in [0.5, 0.6) is 0 Å². The van der Waals surface area contributed by atoms with Crippen LogP contribution in [0.2, 0.25) is 0 Å². The second kappa shape index (κ2) is 10.6. The van der Waals surface area contributed by atoms with Crippen LogP contribution in [0.1, 0.15) is 60.6 Å². The van der Waals surface area contributed by atoms with E-state index in [0.29, 0.717) is 11.6 Å². The predicted molar refractivity (Wildman–Crippen MR) is 151 cm³/mol. The zero-order chi connectivity index (χ0) is 26.1. The van der Waals surface area contributed by atoms with E-state index in [9.17, 15) is 4.79 Å². The quantitative estimate of drug-likeness (QED) is 0.348. The number of aryl methyl sites for hydroxylation is 1. The molecule has 2 aliphatic rings. The maximum absolute atomic E-state index is 11.5. The minimum atomic E-state index is -0.410. The second-order valence-corrected chi connectivity index (χ2v) is 11.0. The number of likely N-dealkylation sites (tertiary alicyclic amines) is 1. The highest BCUT2D eigenvalue weighted by Gasteiger charge is 2.25. The molecule has 4 aromatic rings. The van der Waals surface area contributed by atoms with Crippen molar-refractivity contribution < 1.29 is 4.79 Å². The molecule has 2 fully saturated rings. The molecule has 0 aliphatic carbocycles. The molecule has 3 N–H and O–H groups in total. The number of fused-ring (bicyclic) bond motifs is 1. The van der Waals surface area contributed by atoms with Crippen LogP contribution in [-0.2, 0) is 6.54 Å². The lowest BCUT2D eigenvalue weighted by molar-refractivity contribution is 0.100. The first-order valence-corrected chi connectivity index (χ1v) is 13.9. The number of nitrogens with one attached hydrogen (secondary N) is 1. The number of aromatic amines is 1. The highest BCUT2D eigenvalue weighted by molar-refractivity contribution is 5.94. The highest BCUT2D eigenvalue weighted by atomic mass is 16.1. The largest absolute Gasteiger partial charge is 0.366 e. The molecule has 0 saturated carbocycles. The molecule has 1 amide bonds. The first-order valence-electron chi connectivity index (χ1n) is 13.9. The van der Waals surface area contributed by atoms with E-state index in [2.05, 4.69) is 45.3 Å². The Bertz CT molecular complexity index is 1420. The molecule has 3 aromatic heterocycles. The van der Waals surface area contributed by atoms with Crippen molar-refractivity contribution in [1.29, 1.82) is 0 Å². The van der Waals surface area contributed by atoms with Crippen molar-refractivity contribution in [2.24, 2.45) is 11.7 Å². The summed E-state index contributed by atoms with van der Waals surface area (Å²) in [5, 5.41) is 5.75. The van der Waals surface area contributed by atoms with Gasteiger partial charge >= 0.3 is 0 Å². The summed E-state index contributed by atoms with van der Waals surface area (Å²) >= 11 is 0. The van der Waals surface area contributed by atoms with Crippen LogP contribution >= 0.6 is 0 Å². The molecule has 6 rings (SSSR count). The van der Waals surface area contributed by atoms with Crippen molar-refractivity contribution in [2.75, 3.05) is 31.6 Å². The minimum Gasteiger partial charge on any atom is -0.366 e. The topological polar surface area (TPSA) is 96.1 Å². The molecule has 2 saturated heterocycles. The average Bonchev–Trinajstić information content (AvgIpc) is 3.68. The van der Waals surface area contributed by atoms with Gasteiger partial charge in [-0.25, -0.2) is 4.98 Å². The summed E-state index contributed by atoms with van der Waals surface area (Å²) in [6, 6.07) is 12.4. The van der Waals surface area contributed by atoms with Crippen LogP contribution in [0, 0.1) is 5.92 Å². The fourth-order valence-corrected chi connectivity index (χ4v) is 6.17. The van der Waals surface area contributed by atoms with Crippen LogP contribution in [0.15, 0.2) is 55.0 Å². The van der Waals surface area contributed by atoms with Gasteiger partial charge in [-0.2, -0.15) is 5.10 Å². The van der Waals surface area contributed by atoms with Gasteiger partial charge in [-0.15, -0.1) is 0 Å². The fraction of sp³-hybridized carbons (Fsp3) is 0.433. The van der Waals surface area contributed by atoms with Gasteiger partial charge in [0.15, 0.2) is 0 Å². The summed E-state index contributed by atoms with van der Waals surface area (Å²) in [6.45, 7) is 4.20. The number of hydrogen-bond donors (Lipinski definition) is 2. The van der Waals surface area contributed by atoms with E-state index in [4.69, 9.17) is 10.7 Å². The monoisotopic (exact) mass is 511 g/mol. The number of rotatable bonds is 8. The van der Waals surface area contributed by atoms with Crippen LogP contribution in [0.3, 0.4) is 0 Å². The van der Waals surface area contributed by atoms with Gasteiger partial charge < -0.3 is 15.6 Å². The van der Waals surface area contributed by atoms with Crippen LogP contribution in [-0.4, -0.2) is 57.2 Å². The van der Waals surface area contributed by atoms with Gasteiger partial charge in [-0.05, 0) is 81.8 Å². The third kappa shape index (κ3) is 5.18. The number of hydrogen-bond acceptors (Lipinski definition) is 5. The first kappa shape index (κ1) is 24.7. The summed E-state index contributed by atoms with van der Waals surface area (Å²) in [4.78, 5) is 24.9. The van der Waals surface area contributed by atoms with Crippen molar-refractivity contribution in [3.63, 3.8) is 0 Å². The van der Waals surface area contributed by atoms with E-state index < -0.39 is 5.91 Å². The number of H-pyrrole nitrogens is 1. The lowest BCUT2D eigenvalue weighted by Crippen LogP contribution is -2.34. The van der Waals surface area contributed by atoms with Crippen LogP contribution in [0.4, 0.5) is 5.82 Å². The van der Waals surface area contributed by atoms with Crippen molar-refractivity contribution in [3.8, 4) is 11.1 Å². The Hall–Kier alpha value is -3.65. The number of pyridine rings is 1. The Balaban J connectivity index is 0.995. The molecule has 1 atom stereocenters. The van der Waals surface area contributed by atoms with Gasteiger partial charge in [0.25, 0.3) is 0 Å². The summed E-state index contributed by atoms with van der Waals surface area (Å²) in [6.07, 6.45) is 13.2. The summed E-state index contributed by atoms with van der Waals surface area (Å²) in [7, 11) is 2.22. The predicted octanol–water partition coefficient (Wildman–Crippen LogP) is 4.99. The van der Waals surface area contributed by atoms with Crippen LogP contribution < -0.4 is 10.6 Å². The number of nitrogens with two attached hydrogens (primary N) is 1. The smallest absolute Gasteiger partial charge is 0.248 e. The molecule has 198 valence electrons. The zero-order valence-corrected chi connectivity index (χ0v) is 22.1. The number of benzene rings is 1. The van der Waals surface area contributed by atoms with Gasteiger partial charge in [-0.3, -0.25) is 14.4 Å². The molecule has 0 spiro atoms. The fourth-order valence-electron chi connectivity index (χ4n) is 6.17. The zero-order valence-electron chi connectivity index (χ0n) is 22.1. The van der Waals surface area contributed by atoms with Gasteiger partial charge in [0.05, 0.1) is 11.7 Å². The third-order valence-corrected chi connectivity index (χ3v) is 8.44. The molecule has 0 bridgehead atoms. The van der Waals surface area contributed by atoms with E-state index in [1.807, 2.05) is 35.3 Å². The summed E-state index contributed by atoms with van der Waals surface area (Å²) < 4.78 is 2.01. The number of amides is 1. The Morgan fingerprint density at radius 2 is 1.95 bits per heavy atom. The molecule has 1 aromatic carbocycles. The van der Waals surface area contributed by atoms with E-state index >= 15 is 0 Å². The van der Waals surface area contributed by atoms with Crippen LogP contribution in [0.25, 0.3) is 22.0 Å². The maximum atomic E-state index is 11.5. The molecule has 8 nitrogen and oxygen atoms in total. The van der Waals surface area contributed by atoms with Crippen molar-refractivity contribution in [2.45, 2.75) is 51.1 Å². The molecule has 0 unspecified atom stereocenters. The Morgan fingerprint density at radius 1 is 1.08 bits per heavy atom. The average molecular weight is 512 g/mol. The number of carbonyl (C=O) groups excluding carboxylic acids is 1. The first-order chi connectivity index (χ1) is 18.5. The van der Waals surface area contributed by atoms with Crippen molar-refractivity contribution >= 4 is 22.6 Å². The number of nitrogens with zero attached hydrogens (tertiary/aromatic N) is 5. The third-order valence-electron chi connectivity index (χ3n) is 8.44. The Kier molecular flexibility index (Phi) is 6.89.